The Hall–Kier alpha value is -3.31. The van der Waals surface area contributed by atoms with E-state index in [1.165, 1.54) is 4.90 Å². The highest BCUT2D eigenvalue weighted by Gasteiger charge is 2.52. The molecule has 3 aromatic rings. The Kier molecular flexibility index (Phi) is 4.75. The molecule has 0 aliphatic carbocycles. The molecule has 1 aliphatic heterocycles. The van der Waals surface area contributed by atoms with E-state index < -0.39 is 29.8 Å². The SMILES string of the molecule is Cc1ccc(C(O)C2C(=O)C(=O)N(c3ccccn3)C2c2ccccc2)cc1. The van der Waals surface area contributed by atoms with Gasteiger partial charge in [-0.25, -0.2) is 4.98 Å². The van der Waals surface area contributed by atoms with Crippen molar-refractivity contribution in [3.63, 3.8) is 0 Å². The highest BCUT2D eigenvalue weighted by Crippen LogP contribution is 2.44. The summed E-state index contributed by atoms with van der Waals surface area (Å²) >= 11 is 0. The predicted octanol–water partition coefficient (Wildman–Crippen LogP) is 3.40. The number of anilines is 1. The third-order valence-corrected chi connectivity index (χ3v) is 5.15. The van der Waals surface area contributed by atoms with Gasteiger partial charge in [-0.05, 0) is 30.2 Å². The van der Waals surface area contributed by atoms with Crippen LogP contribution in [0.2, 0.25) is 0 Å². The van der Waals surface area contributed by atoms with Crippen molar-refractivity contribution in [2.45, 2.75) is 19.1 Å². The summed E-state index contributed by atoms with van der Waals surface area (Å²) in [5.74, 6) is -1.77. The zero-order valence-corrected chi connectivity index (χ0v) is 15.4. The Morgan fingerprint density at radius 1 is 0.929 bits per heavy atom. The Bertz CT molecular complexity index is 987. The molecule has 5 nitrogen and oxygen atoms in total. The number of carbonyl (C=O) groups is 2. The van der Waals surface area contributed by atoms with Gasteiger partial charge in [0.05, 0.1) is 18.1 Å². The Labute approximate surface area is 163 Å². The van der Waals surface area contributed by atoms with Crippen molar-refractivity contribution in [2.75, 3.05) is 4.90 Å². The lowest BCUT2D eigenvalue weighted by Gasteiger charge is -2.29. The number of carbonyl (C=O) groups excluding carboxylic acids is 2. The van der Waals surface area contributed by atoms with Gasteiger partial charge in [-0.2, -0.15) is 0 Å². The molecule has 1 fully saturated rings. The summed E-state index contributed by atoms with van der Waals surface area (Å²) in [6.07, 6.45) is 0.481. The number of aromatic nitrogens is 1. The minimum absolute atomic E-state index is 0.397. The lowest BCUT2D eigenvalue weighted by atomic mass is 9.85. The van der Waals surface area contributed by atoms with Gasteiger partial charge in [0.2, 0.25) is 5.78 Å². The largest absolute Gasteiger partial charge is 0.388 e. The van der Waals surface area contributed by atoms with Crippen molar-refractivity contribution in [1.29, 1.82) is 0 Å². The minimum Gasteiger partial charge on any atom is -0.388 e. The average molecular weight is 372 g/mol. The second-order valence-corrected chi connectivity index (χ2v) is 6.96. The van der Waals surface area contributed by atoms with Crippen LogP contribution < -0.4 is 4.90 Å². The first-order chi connectivity index (χ1) is 13.6. The molecule has 140 valence electrons. The number of rotatable bonds is 4. The van der Waals surface area contributed by atoms with Crippen LogP contribution in [-0.4, -0.2) is 21.8 Å². The van der Waals surface area contributed by atoms with E-state index in [-0.39, 0.29) is 0 Å². The molecule has 0 spiro atoms. The molecule has 4 rings (SSSR count). The van der Waals surface area contributed by atoms with Gasteiger partial charge in [0.25, 0.3) is 5.91 Å². The molecule has 28 heavy (non-hydrogen) atoms. The van der Waals surface area contributed by atoms with Gasteiger partial charge in [0, 0.05) is 6.20 Å². The van der Waals surface area contributed by atoms with Crippen molar-refractivity contribution < 1.29 is 14.7 Å². The number of aryl methyl sites for hydroxylation is 1. The van der Waals surface area contributed by atoms with Crippen molar-refractivity contribution in [1.82, 2.24) is 4.98 Å². The van der Waals surface area contributed by atoms with Crippen molar-refractivity contribution in [3.05, 3.63) is 95.7 Å². The maximum atomic E-state index is 13.0. The molecular formula is C23H20N2O3. The first-order valence-electron chi connectivity index (χ1n) is 9.16. The summed E-state index contributed by atoms with van der Waals surface area (Å²) in [5.41, 5.74) is 2.45. The van der Waals surface area contributed by atoms with Crippen LogP contribution in [0, 0.1) is 12.8 Å². The van der Waals surface area contributed by atoms with E-state index in [2.05, 4.69) is 4.98 Å². The number of ketones is 1. The predicted molar refractivity (Wildman–Crippen MR) is 106 cm³/mol. The number of amides is 1. The molecule has 1 saturated heterocycles. The summed E-state index contributed by atoms with van der Waals surface area (Å²) in [7, 11) is 0. The quantitative estimate of drug-likeness (QED) is 0.713. The smallest absolute Gasteiger partial charge is 0.296 e. The zero-order valence-electron chi connectivity index (χ0n) is 15.4. The van der Waals surface area contributed by atoms with E-state index >= 15 is 0 Å². The zero-order chi connectivity index (χ0) is 19.7. The molecule has 0 saturated carbocycles. The molecule has 2 heterocycles. The molecule has 3 atom stereocenters. The Morgan fingerprint density at radius 3 is 2.25 bits per heavy atom. The molecule has 1 aromatic heterocycles. The minimum atomic E-state index is -1.10. The van der Waals surface area contributed by atoms with Crippen LogP contribution in [0.5, 0.6) is 0 Å². The van der Waals surface area contributed by atoms with Crippen LogP contribution in [0.3, 0.4) is 0 Å². The fourth-order valence-corrected chi connectivity index (χ4v) is 3.73. The monoisotopic (exact) mass is 372 g/mol. The summed E-state index contributed by atoms with van der Waals surface area (Å²) in [5, 5.41) is 11.1. The molecule has 0 bridgehead atoms. The number of aliphatic hydroxyl groups is 1. The topological polar surface area (TPSA) is 70.5 Å². The maximum Gasteiger partial charge on any atom is 0.296 e. The molecule has 1 aliphatic rings. The van der Waals surface area contributed by atoms with Gasteiger partial charge >= 0.3 is 0 Å². The molecular weight excluding hydrogens is 352 g/mol. The second-order valence-electron chi connectivity index (χ2n) is 6.96. The normalized spacial score (nSPS) is 20.4. The molecule has 5 heteroatoms. The maximum absolute atomic E-state index is 13.0. The molecule has 3 unspecified atom stereocenters. The summed E-state index contributed by atoms with van der Waals surface area (Å²) in [6, 6.07) is 21.3. The number of nitrogens with zero attached hydrogens (tertiary/aromatic N) is 2. The highest BCUT2D eigenvalue weighted by molar-refractivity contribution is 6.44. The number of pyridine rings is 1. The van der Waals surface area contributed by atoms with E-state index in [1.54, 1.807) is 36.5 Å². The fourth-order valence-electron chi connectivity index (χ4n) is 3.73. The standard InChI is InChI=1S/C23H20N2O3/c1-15-10-12-17(13-11-15)21(26)19-20(16-7-3-2-4-8-16)25(23(28)22(19)27)18-9-5-6-14-24-18/h2-14,19-21,26H,1H3. The van der Waals surface area contributed by atoms with Crippen LogP contribution in [0.15, 0.2) is 79.0 Å². The first-order valence-corrected chi connectivity index (χ1v) is 9.16. The van der Waals surface area contributed by atoms with Crippen molar-refractivity contribution in [3.8, 4) is 0 Å². The van der Waals surface area contributed by atoms with E-state index in [9.17, 15) is 14.7 Å². The Balaban J connectivity index is 1.83. The molecule has 1 amide bonds. The van der Waals surface area contributed by atoms with Gasteiger partial charge in [-0.15, -0.1) is 0 Å². The van der Waals surface area contributed by atoms with Gasteiger partial charge in [-0.1, -0.05) is 66.2 Å². The Morgan fingerprint density at radius 2 is 1.61 bits per heavy atom. The van der Waals surface area contributed by atoms with Gasteiger partial charge in [-0.3, -0.25) is 14.5 Å². The van der Waals surface area contributed by atoms with Crippen LogP contribution in [0.1, 0.15) is 28.8 Å². The molecule has 0 radical (unpaired) electrons. The summed E-state index contributed by atoms with van der Waals surface area (Å²) < 4.78 is 0. The second kappa shape index (κ2) is 7.37. The fraction of sp³-hybridized carbons (Fsp3) is 0.174. The third-order valence-electron chi connectivity index (χ3n) is 5.15. The van der Waals surface area contributed by atoms with Gasteiger partial charge < -0.3 is 5.11 Å². The number of aliphatic hydroxyl groups excluding tert-OH is 1. The third kappa shape index (κ3) is 3.10. The number of Topliss-reactive ketones (excluding diaryl/α,β-unsaturated/α-hetero) is 1. The highest BCUT2D eigenvalue weighted by atomic mass is 16.3. The van der Waals surface area contributed by atoms with Gasteiger partial charge in [0.1, 0.15) is 5.82 Å². The number of hydrogen-bond acceptors (Lipinski definition) is 4. The first kappa shape index (κ1) is 18.1. The van der Waals surface area contributed by atoms with Crippen LogP contribution >= 0.6 is 0 Å². The lowest BCUT2D eigenvalue weighted by molar-refractivity contribution is -0.137. The summed E-state index contributed by atoms with van der Waals surface area (Å²) in [4.78, 5) is 31.6. The molecule has 2 aromatic carbocycles. The number of hydrogen-bond donors (Lipinski definition) is 1. The van der Waals surface area contributed by atoms with Crippen molar-refractivity contribution >= 4 is 17.5 Å². The van der Waals surface area contributed by atoms with E-state index in [4.69, 9.17) is 0 Å². The lowest BCUT2D eigenvalue weighted by Crippen LogP contribution is -2.30. The number of benzene rings is 2. The van der Waals surface area contributed by atoms with Gasteiger partial charge in [0.15, 0.2) is 0 Å². The van der Waals surface area contributed by atoms with E-state index in [1.807, 2.05) is 49.4 Å². The van der Waals surface area contributed by atoms with E-state index in [0.29, 0.717) is 11.4 Å². The van der Waals surface area contributed by atoms with Crippen LogP contribution in [0.25, 0.3) is 0 Å². The summed E-state index contributed by atoms with van der Waals surface area (Å²) in [6.45, 7) is 1.95. The van der Waals surface area contributed by atoms with Crippen LogP contribution in [-0.2, 0) is 9.59 Å². The average Bonchev–Trinajstić information content (AvgIpc) is 3.00. The molecule has 1 N–H and O–H groups in total. The van der Waals surface area contributed by atoms with Crippen LogP contribution in [0.4, 0.5) is 5.82 Å². The van der Waals surface area contributed by atoms with E-state index in [0.717, 1.165) is 11.1 Å². The van der Waals surface area contributed by atoms with Crippen molar-refractivity contribution in [2.24, 2.45) is 5.92 Å².